The molecule has 0 aromatic carbocycles. The highest BCUT2D eigenvalue weighted by Crippen LogP contribution is 2.27. The Kier molecular flexibility index (Phi) is 3.78. The minimum Gasteiger partial charge on any atom is -0.370 e. The minimum atomic E-state index is 0.853. The van der Waals surface area contributed by atoms with Crippen LogP contribution in [0.15, 0.2) is 17.5 Å². The Hall–Kier alpha value is -1.42. The molecule has 0 radical (unpaired) electrons. The second-order valence-corrected chi connectivity index (χ2v) is 5.98. The maximum Gasteiger partial charge on any atom is 0.136 e. The lowest BCUT2D eigenvalue weighted by Crippen LogP contribution is -2.09. The van der Waals surface area contributed by atoms with E-state index < -0.39 is 0 Å². The van der Waals surface area contributed by atoms with E-state index in [-0.39, 0.29) is 0 Å². The van der Waals surface area contributed by atoms with Crippen LogP contribution in [0.3, 0.4) is 0 Å². The highest BCUT2D eigenvalue weighted by atomic mass is 32.1. The topological polar surface area (TPSA) is 37.8 Å². The van der Waals surface area contributed by atoms with E-state index in [1.807, 2.05) is 0 Å². The molecule has 0 amide bonds. The monoisotopic (exact) mass is 273 g/mol. The summed E-state index contributed by atoms with van der Waals surface area (Å²) in [6.45, 7) is 3.17. The molecule has 0 aliphatic heterocycles. The summed E-state index contributed by atoms with van der Waals surface area (Å²) in [5.74, 6) is 2.04. The Morgan fingerprint density at radius 2 is 2.26 bits per heavy atom. The largest absolute Gasteiger partial charge is 0.370 e. The predicted molar refractivity (Wildman–Crippen MR) is 80.0 cm³/mol. The summed E-state index contributed by atoms with van der Waals surface area (Å²) < 4.78 is 0. The molecule has 0 atom stereocenters. The highest BCUT2D eigenvalue weighted by Gasteiger charge is 2.19. The SMILES string of the molecule is CCCNc1nc(Cc2cccs2)nc2c1CCC2. The number of hydrogen-bond acceptors (Lipinski definition) is 4. The molecule has 19 heavy (non-hydrogen) atoms. The van der Waals surface area contributed by atoms with Crippen LogP contribution in [0.1, 0.15) is 41.7 Å². The number of fused-ring (bicyclic) bond motifs is 1. The zero-order valence-corrected chi connectivity index (χ0v) is 12.1. The molecule has 100 valence electrons. The lowest BCUT2D eigenvalue weighted by atomic mass is 10.2. The molecule has 0 fully saturated rings. The van der Waals surface area contributed by atoms with Gasteiger partial charge in [0.05, 0.1) is 0 Å². The average molecular weight is 273 g/mol. The summed E-state index contributed by atoms with van der Waals surface area (Å²) in [6.07, 6.45) is 5.43. The van der Waals surface area contributed by atoms with Gasteiger partial charge in [0, 0.05) is 29.1 Å². The van der Waals surface area contributed by atoms with Crippen molar-refractivity contribution in [3.8, 4) is 0 Å². The zero-order valence-electron chi connectivity index (χ0n) is 11.3. The van der Waals surface area contributed by atoms with E-state index in [1.165, 1.54) is 22.6 Å². The lowest BCUT2D eigenvalue weighted by Gasteiger charge is -2.11. The van der Waals surface area contributed by atoms with Crippen molar-refractivity contribution in [3.63, 3.8) is 0 Å². The molecule has 0 saturated heterocycles. The third kappa shape index (κ3) is 2.78. The van der Waals surface area contributed by atoms with Gasteiger partial charge in [-0.3, -0.25) is 0 Å². The Bertz CT molecular complexity index is 549. The Balaban J connectivity index is 1.88. The molecule has 3 nitrogen and oxygen atoms in total. The molecule has 4 heteroatoms. The summed E-state index contributed by atoms with van der Waals surface area (Å²) in [7, 11) is 0. The Morgan fingerprint density at radius 1 is 1.32 bits per heavy atom. The van der Waals surface area contributed by atoms with Gasteiger partial charge in [-0.25, -0.2) is 9.97 Å². The van der Waals surface area contributed by atoms with Gasteiger partial charge < -0.3 is 5.32 Å². The maximum absolute atomic E-state index is 4.75. The summed E-state index contributed by atoms with van der Waals surface area (Å²) in [5.41, 5.74) is 2.61. The van der Waals surface area contributed by atoms with Crippen molar-refractivity contribution >= 4 is 17.2 Å². The number of rotatable bonds is 5. The molecule has 3 rings (SSSR count). The molecule has 0 saturated carbocycles. The fraction of sp³-hybridized carbons (Fsp3) is 0.467. The van der Waals surface area contributed by atoms with Gasteiger partial charge >= 0.3 is 0 Å². The van der Waals surface area contributed by atoms with Gasteiger partial charge in [-0.05, 0) is 37.1 Å². The molecule has 0 bridgehead atoms. The van der Waals surface area contributed by atoms with Crippen LogP contribution in [0, 0.1) is 0 Å². The van der Waals surface area contributed by atoms with Crippen molar-refractivity contribution < 1.29 is 0 Å². The highest BCUT2D eigenvalue weighted by molar-refractivity contribution is 7.09. The van der Waals surface area contributed by atoms with Crippen LogP contribution < -0.4 is 5.32 Å². The molecule has 2 aromatic heterocycles. The smallest absolute Gasteiger partial charge is 0.136 e. The summed E-state index contributed by atoms with van der Waals surface area (Å²) in [6, 6.07) is 4.24. The number of thiophene rings is 1. The number of aryl methyl sites for hydroxylation is 1. The van der Waals surface area contributed by atoms with Crippen molar-refractivity contribution in [3.05, 3.63) is 39.5 Å². The number of nitrogens with zero attached hydrogens (tertiary/aromatic N) is 2. The molecule has 0 unspecified atom stereocenters. The third-order valence-electron chi connectivity index (χ3n) is 3.43. The van der Waals surface area contributed by atoms with Crippen LogP contribution >= 0.6 is 11.3 Å². The maximum atomic E-state index is 4.75. The van der Waals surface area contributed by atoms with E-state index in [1.54, 1.807) is 11.3 Å². The number of anilines is 1. The van der Waals surface area contributed by atoms with E-state index in [4.69, 9.17) is 9.97 Å². The molecule has 1 aliphatic rings. The first-order valence-corrected chi connectivity index (χ1v) is 7.89. The van der Waals surface area contributed by atoms with Crippen molar-refractivity contribution in [2.24, 2.45) is 0 Å². The van der Waals surface area contributed by atoms with Gasteiger partial charge in [0.15, 0.2) is 0 Å². The second kappa shape index (κ2) is 5.70. The minimum absolute atomic E-state index is 0.853. The van der Waals surface area contributed by atoms with Gasteiger partial charge in [0.2, 0.25) is 0 Å². The molecule has 1 N–H and O–H groups in total. The summed E-state index contributed by atoms with van der Waals surface area (Å²) in [4.78, 5) is 10.8. The molecular formula is C15H19N3S. The molecule has 2 heterocycles. The van der Waals surface area contributed by atoms with Crippen LogP contribution in [0.4, 0.5) is 5.82 Å². The number of aromatic nitrogens is 2. The zero-order chi connectivity index (χ0) is 13.1. The van der Waals surface area contributed by atoms with Crippen molar-refractivity contribution in [1.29, 1.82) is 0 Å². The fourth-order valence-corrected chi connectivity index (χ4v) is 3.22. The van der Waals surface area contributed by atoms with Crippen molar-refractivity contribution in [2.75, 3.05) is 11.9 Å². The van der Waals surface area contributed by atoms with E-state index in [0.717, 1.165) is 43.9 Å². The van der Waals surface area contributed by atoms with Crippen LogP contribution in [0.5, 0.6) is 0 Å². The molecule has 2 aromatic rings. The van der Waals surface area contributed by atoms with E-state index in [2.05, 4.69) is 29.8 Å². The normalized spacial score (nSPS) is 13.5. The van der Waals surface area contributed by atoms with Crippen molar-refractivity contribution in [1.82, 2.24) is 9.97 Å². The van der Waals surface area contributed by atoms with E-state index in [0.29, 0.717) is 0 Å². The lowest BCUT2D eigenvalue weighted by molar-refractivity contribution is 0.886. The Morgan fingerprint density at radius 3 is 3.05 bits per heavy atom. The van der Waals surface area contributed by atoms with E-state index in [9.17, 15) is 0 Å². The molecule has 1 aliphatic carbocycles. The van der Waals surface area contributed by atoms with Gasteiger partial charge in [-0.1, -0.05) is 13.0 Å². The molecular weight excluding hydrogens is 254 g/mol. The van der Waals surface area contributed by atoms with Crippen LogP contribution in [-0.4, -0.2) is 16.5 Å². The standard InChI is InChI=1S/C15H19N3S/c1-2-8-16-15-12-6-3-7-13(12)17-14(18-15)10-11-5-4-9-19-11/h4-5,9H,2-3,6-8,10H2,1H3,(H,16,17,18). The first-order valence-electron chi connectivity index (χ1n) is 7.01. The van der Waals surface area contributed by atoms with Gasteiger partial charge in [-0.2, -0.15) is 0 Å². The quantitative estimate of drug-likeness (QED) is 0.907. The second-order valence-electron chi connectivity index (χ2n) is 4.95. The number of hydrogen-bond donors (Lipinski definition) is 1. The van der Waals surface area contributed by atoms with Crippen LogP contribution in [0.2, 0.25) is 0 Å². The van der Waals surface area contributed by atoms with Crippen LogP contribution in [-0.2, 0) is 19.3 Å². The van der Waals surface area contributed by atoms with Crippen LogP contribution in [0.25, 0.3) is 0 Å². The van der Waals surface area contributed by atoms with Gasteiger partial charge in [0.1, 0.15) is 11.6 Å². The van der Waals surface area contributed by atoms with Gasteiger partial charge in [0.25, 0.3) is 0 Å². The van der Waals surface area contributed by atoms with Gasteiger partial charge in [-0.15, -0.1) is 11.3 Å². The first kappa shape index (κ1) is 12.6. The number of nitrogens with one attached hydrogen (secondary N) is 1. The molecule has 0 spiro atoms. The Labute approximate surface area is 118 Å². The summed E-state index contributed by atoms with van der Waals surface area (Å²) >= 11 is 1.77. The third-order valence-corrected chi connectivity index (χ3v) is 4.31. The van der Waals surface area contributed by atoms with Crippen molar-refractivity contribution in [2.45, 2.75) is 39.0 Å². The first-order chi connectivity index (χ1) is 9.36. The average Bonchev–Trinajstić information content (AvgIpc) is 3.06. The fourth-order valence-electron chi connectivity index (χ4n) is 2.52. The van der Waals surface area contributed by atoms with E-state index >= 15 is 0 Å². The summed E-state index contributed by atoms with van der Waals surface area (Å²) in [5, 5.41) is 5.58. The predicted octanol–water partition coefficient (Wildman–Crippen LogP) is 3.44.